The zero-order valence-electron chi connectivity index (χ0n) is 9.11. The molecule has 0 N–H and O–H groups in total. The standard InChI is InChI=1S/C10H14N2O3/c1-5-10(6-2)7(13)11(3)9(15)12(4)8(10)14/h5H,1,6H2,2-4H3. The van der Waals surface area contributed by atoms with Gasteiger partial charge in [-0.3, -0.25) is 19.4 Å². The van der Waals surface area contributed by atoms with Gasteiger partial charge in [0.1, 0.15) is 5.41 Å². The van der Waals surface area contributed by atoms with Crippen LogP contribution in [0.5, 0.6) is 0 Å². The summed E-state index contributed by atoms with van der Waals surface area (Å²) in [4.78, 5) is 37.1. The highest BCUT2D eigenvalue weighted by Gasteiger charge is 2.52. The maximum atomic E-state index is 11.9. The molecule has 82 valence electrons. The zero-order valence-corrected chi connectivity index (χ0v) is 9.11. The summed E-state index contributed by atoms with van der Waals surface area (Å²) in [5.41, 5.74) is -1.28. The third kappa shape index (κ3) is 1.26. The molecule has 1 rings (SSSR count). The average molecular weight is 210 g/mol. The lowest BCUT2D eigenvalue weighted by molar-refractivity contribution is -0.153. The van der Waals surface area contributed by atoms with Crippen LogP contribution in [-0.4, -0.2) is 41.7 Å². The van der Waals surface area contributed by atoms with Crippen LogP contribution in [0.25, 0.3) is 0 Å². The first-order valence-corrected chi connectivity index (χ1v) is 4.66. The minimum absolute atomic E-state index is 0.302. The molecule has 0 aromatic carbocycles. The largest absolute Gasteiger partial charge is 0.332 e. The average Bonchev–Trinajstić information content (AvgIpc) is 2.26. The number of rotatable bonds is 2. The van der Waals surface area contributed by atoms with Crippen molar-refractivity contribution in [1.29, 1.82) is 0 Å². The highest BCUT2D eigenvalue weighted by Crippen LogP contribution is 2.32. The van der Waals surface area contributed by atoms with Gasteiger partial charge < -0.3 is 0 Å². The van der Waals surface area contributed by atoms with Gasteiger partial charge in [-0.25, -0.2) is 4.79 Å². The van der Waals surface area contributed by atoms with Crippen LogP contribution in [0.4, 0.5) is 4.79 Å². The summed E-state index contributed by atoms with van der Waals surface area (Å²) in [5, 5.41) is 0. The number of urea groups is 1. The van der Waals surface area contributed by atoms with Crippen LogP contribution >= 0.6 is 0 Å². The number of amides is 4. The molecule has 15 heavy (non-hydrogen) atoms. The summed E-state index contributed by atoms with van der Waals surface area (Å²) in [6.07, 6.45) is 1.62. The smallest absolute Gasteiger partial charge is 0.273 e. The Kier molecular flexibility index (Phi) is 2.66. The van der Waals surface area contributed by atoms with Gasteiger partial charge in [-0.1, -0.05) is 13.0 Å². The number of hydrogen-bond donors (Lipinski definition) is 0. The number of carbonyl (C=O) groups excluding carboxylic acids is 3. The van der Waals surface area contributed by atoms with E-state index in [1.807, 2.05) is 0 Å². The van der Waals surface area contributed by atoms with Crippen molar-refractivity contribution in [3.05, 3.63) is 12.7 Å². The predicted molar refractivity (Wildman–Crippen MR) is 53.9 cm³/mol. The van der Waals surface area contributed by atoms with E-state index in [1.165, 1.54) is 20.2 Å². The third-order valence-corrected chi connectivity index (χ3v) is 2.85. The van der Waals surface area contributed by atoms with Crippen LogP contribution in [0, 0.1) is 5.41 Å². The summed E-state index contributed by atoms with van der Waals surface area (Å²) in [6, 6.07) is -0.601. The van der Waals surface area contributed by atoms with Gasteiger partial charge in [0.25, 0.3) is 0 Å². The number of nitrogens with zero attached hydrogens (tertiary/aromatic N) is 2. The fraction of sp³-hybridized carbons (Fsp3) is 0.500. The third-order valence-electron chi connectivity index (χ3n) is 2.85. The van der Waals surface area contributed by atoms with Crippen LogP contribution in [0.3, 0.4) is 0 Å². The van der Waals surface area contributed by atoms with Gasteiger partial charge in [-0.05, 0) is 6.42 Å². The van der Waals surface area contributed by atoms with Gasteiger partial charge in [-0.2, -0.15) is 0 Å². The summed E-state index contributed by atoms with van der Waals surface area (Å²) in [7, 11) is 2.73. The van der Waals surface area contributed by atoms with Crippen LogP contribution in [0.1, 0.15) is 13.3 Å². The van der Waals surface area contributed by atoms with Gasteiger partial charge in [0, 0.05) is 14.1 Å². The van der Waals surface area contributed by atoms with E-state index < -0.39 is 23.3 Å². The summed E-state index contributed by atoms with van der Waals surface area (Å²) in [5.74, 6) is -1.01. The SMILES string of the molecule is C=CC1(CC)C(=O)N(C)C(=O)N(C)C1=O. The second kappa shape index (κ2) is 3.49. The van der Waals surface area contributed by atoms with E-state index in [9.17, 15) is 14.4 Å². The Morgan fingerprint density at radius 3 is 1.87 bits per heavy atom. The Morgan fingerprint density at radius 2 is 1.60 bits per heavy atom. The lowest BCUT2D eigenvalue weighted by Gasteiger charge is -2.39. The molecule has 0 spiro atoms. The summed E-state index contributed by atoms with van der Waals surface area (Å²) in [6.45, 7) is 5.23. The highest BCUT2D eigenvalue weighted by atomic mass is 16.2. The van der Waals surface area contributed by atoms with Crippen molar-refractivity contribution >= 4 is 17.8 Å². The first kappa shape index (κ1) is 11.4. The molecule has 0 atom stereocenters. The fourth-order valence-electron chi connectivity index (χ4n) is 1.71. The minimum Gasteiger partial charge on any atom is -0.273 e. The quantitative estimate of drug-likeness (QED) is 0.496. The summed E-state index contributed by atoms with van der Waals surface area (Å²) < 4.78 is 0. The minimum atomic E-state index is -1.28. The van der Waals surface area contributed by atoms with Gasteiger partial charge in [0.2, 0.25) is 11.8 Å². The van der Waals surface area contributed by atoms with Crippen molar-refractivity contribution < 1.29 is 14.4 Å². The Hall–Kier alpha value is -1.65. The molecule has 0 aliphatic carbocycles. The molecule has 0 saturated carbocycles. The molecule has 0 aromatic rings. The van der Waals surface area contributed by atoms with E-state index >= 15 is 0 Å². The van der Waals surface area contributed by atoms with E-state index in [1.54, 1.807) is 6.92 Å². The monoisotopic (exact) mass is 210 g/mol. The first-order chi connectivity index (χ1) is 6.92. The molecule has 4 amide bonds. The zero-order chi connectivity index (χ0) is 11.8. The molecule has 1 heterocycles. The molecule has 0 radical (unpaired) electrons. The van der Waals surface area contributed by atoms with E-state index in [0.717, 1.165) is 9.80 Å². The van der Waals surface area contributed by atoms with E-state index in [0.29, 0.717) is 6.42 Å². The Morgan fingerprint density at radius 1 is 1.20 bits per heavy atom. The topological polar surface area (TPSA) is 57.7 Å². The lowest BCUT2D eigenvalue weighted by atomic mass is 9.81. The molecule has 1 aliphatic rings. The Labute approximate surface area is 88.3 Å². The molecule has 1 fully saturated rings. The second-order valence-electron chi connectivity index (χ2n) is 3.54. The van der Waals surface area contributed by atoms with Crippen molar-refractivity contribution in [3.8, 4) is 0 Å². The maximum Gasteiger partial charge on any atom is 0.332 e. The van der Waals surface area contributed by atoms with Crippen LogP contribution in [-0.2, 0) is 9.59 Å². The van der Waals surface area contributed by atoms with E-state index in [2.05, 4.69) is 6.58 Å². The van der Waals surface area contributed by atoms with Crippen molar-refractivity contribution in [2.75, 3.05) is 14.1 Å². The maximum absolute atomic E-state index is 11.9. The molecule has 1 aliphatic heterocycles. The Bertz CT molecular complexity index is 325. The lowest BCUT2D eigenvalue weighted by Crippen LogP contribution is -2.62. The molecule has 1 saturated heterocycles. The highest BCUT2D eigenvalue weighted by molar-refractivity contribution is 6.19. The van der Waals surface area contributed by atoms with E-state index in [-0.39, 0.29) is 0 Å². The first-order valence-electron chi connectivity index (χ1n) is 4.66. The Balaban J connectivity index is 3.29. The molecule has 0 unspecified atom stereocenters. The van der Waals surface area contributed by atoms with Gasteiger partial charge in [-0.15, -0.1) is 6.58 Å². The number of carbonyl (C=O) groups is 3. The number of barbiturate groups is 1. The molecule has 5 heteroatoms. The van der Waals surface area contributed by atoms with Gasteiger partial charge in [0.05, 0.1) is 0 Å². The molecular formula is C10H14N2O3. The van der Waals surface area contributed by atoms with Crippen molar-refractivity contribution in [2.24, 2.45) is 5.41 Å². The van der Waals surface area contributed by atoms with Crippen LogP contribution in [0.15, 0.2) is 12.7 Å². The van der Waals surface area contributed by atoms with Gasteiger partial charge >= 0.3 is 6.03 Å². The van der Waals surface area contributed by atoms with Crippen molar-refractivity contribution in [2.45, 2.75) is 13.3 Å². The van der Waals surface area contributed by atoms with Crippen LogP contribution in [0.2, 0.25) is 0 Å². The molecule has 5 nitrogen and oxygen atoms in total. The number of hydrogen-bond acceptors (Lipinski definition) is 3. The normalized spacial score (nSPS) is 20.9. The van der Waals surface area contributed by atoms with E-state index in [4.69, 9.17) is 0 Å². The summed E-state index contributed by atoms with van der Waals surface area (Å²) >= 11 is 0. The molecule has 0 bridgehead atoms. The second-order valence-corrected chi connectivity index (χ2v) is 3.54. The van der Waals surface area contributed by atoms with Crippen LogP contribution < -0.4 is 0 Å². The predicted octanol–water partition coefficient (Wildman–Crippen LogP) is 0.619. The number of imide groups is 2. The fourth-order valence-corrected chi connectivity index (χ4v) is 1.71. The van der Waals surface area contributed by atoms with Crippen molar-refractivity contribution in [1.82, 2.24) is 9.80 Å². The molecule has 0 aromatic heterocycles. The van der Waals surface area contributed by atoms with Gasteiger partial charge in [0.15, 0.2) is 0 Å². The van der Waals surface area contributed by atoms with Crippen molar-refractivity contribution in [3.63, 3.8) is 0 Å². The molecular weight excluding hydrogens is 196 g/mol.